The Labute approximate surface area is 207 Å². The topological polar surface area (TPSA) is 69.3 Å². The smallest absolute Gasteiger partial charge is 0.273 e. The summed E-state index contributed by atoms with van der Waals surface area (Å²) in [5, 5.41) is 10.0. The molecule has 1 amide bonds. The third-order valence-electron chi connectivity index (χ3n) is 6.28. The summed E-state index contributed by atoms with van der Waals surface area (Å²) >= 11 is 1.11. The second-order valence-corrected chi connectivity index (χ2v) is 9.64. The van der Waals surface area contributed by atoms with Gasteiger partial charge in [0.25, 0.3) is 11.5 Å². The van der Waals surface area contributed by atoms with Crippen LogP contribution in [0.5, 0.6) is 0 Å². The van der Waals surface area contributed by atoms with Crippen molar-refractivity contribution in [2.75, 3.05) is 32.7 Å². The summed E-state index contributed by atoms with van der Waals surface area (Å²) in [6, 6.07) is 13.5. The normalized spacial score (nSPS) is 15.7. The molecule has 35 heavy (non-hydrogen) atoms. The van der Waals surface area contributed by atoms with E-state index in [0.29, 0.717) is 23.3 Å². The number of benzene rings is 2. The first-order chi connectivity index (χ1) is 16.8. The van der Waals surface area contributed by atoms with E-state index in [0.717, 1.165) is 47.7 Å². The fraction of sp³-hybridized carbons (Fsp3) is 0.296. The second-order valence-electron chi connectivity index (χ2n) is 8.61. The number of carbonyl (C=O) groups excluding carboxylic acids is 1. The van der Waals surface area contributed by atoms with E-state index in [-0.39, 0.29) is 15.8 Å². The van der Waals surface area contributed by atoms with Crippen molar-refractivity contribution in [3.63, 3.8) is 0 Å². The molecule has 0 aliphatic carbocycles. The molecule has 1 aliphatic heterocycles. The molecule has 1 aromatic heterocycles. The summed E-state index contributed by atoms with van der Waals surface area (Å²) < 4.78 is 15.6. The molecule has 0 bridgehead atoms. The number of likely N-dealkylation sites (N-methyl/N-ethyl adjacent to an activating group) is 1. The Hall–Kier alpha value is -3.54. The van der Waals surface area contributed by atoms with E-state index in [1.165, 1.54) is 28.8 Å². The maximum absolute atomic E-state index is 13.6. The minimum Gasteiger partial charge on any atom is -0.335 e. The van der Waals surface area contributed by atoms with Gasteiger partial charge in [0.1, 0.15) is 16.5 Å². The van der Waals surface area contributed by atoms with Crippen molar-refractivity contribution in [3.05, 3.63) is 84.5 Å². The molecular formula is C27H27FN4O2S. The van der Waals surface area contributed by atoms with Crippen LogP contribution in [0.4, 0.5) is 4.39 Å². The molecule has 0 atom stereocenters. The van der Waals surface area contributed by atoms with Crippen molar-refractivity contribution in [1.29, 1.82) is 5.26 Å². The average Bonchev–Trinajstić information content (AvgIpc) is 3.17. The van der Waals surface area contributed by atoms with Crippen molar-refractivity contribution >= 4 is 28.9 Å². The van der Waals surface area contributed by atoms with E-state index < -0.39 is 11.7 Å². The van der Waals surface area contributed by atoms with Crippen LogP contribution in [-0.2, 0) is 4.79 Å². The largest absolute Gasteiger partial charge is 0.335 e. The van der Waals surface area contributed by atoms with E-state index in [4.69, 9.17) is 0 Å². The summed E-state index contributed by atoms with van der Waals surface area (Å²) in [7, 11) is 0. The fourth-order valence-electron chi connectivity index (χ4n) is 4.14. The van der Waals surface area contributed by atoms with Crippen LogP contribution >= 0.6 is 11.3 Å². The summed E-state index contributed by atoms with van der Waals surface area (Å²) in [6.45, 7) is 9.44. The molecule has 1 saturated heterocycles. The predicted molar refractivity (Wildman–Crippen MR) is 136 cm³/mol. The van der Waals surface area contributed by atoms with Crippen molar-refractivity contribution < 1.29 is 9.18 Å². The molecule has 6 nitrogen and oxygen atoms in total. The van der Waals surface area contributed by atoms with E-state index in [1.807, 2.05) is 32.0 Å². The lowest BCUT2D eigenvalue weighted by atomic mass is 10.1. The Morgan fingerprint density at radius 3 is 2.43 bits per heavy atom. The number of amides is 1. The van der Waals surface area contributed by atoms with Crippen LogP contribution in [0.25, 0.3) is 17.3 Å². The van der Waals surface area contributed by atoms with Gasteiger partial charge < -0.3 is 9.80 Å². The van der Waals surface area contributed by atoms with Gasteiger partial charge in [0.15, 0.2) is 5.57 Å². The van der Waals surface area contributed by atoms with Gasteiger partial charge in [-0.3, -0.25) is 14.2 Å². The Kier molecular flexibility index (Phi) is 7.29. The summed E-state index contributed by atoms with van der Waals surface area (Å²) in [5.74, 6) is -0.825. The monoisotopic (exact) mass is 490 g/mol. The summed E-state index contributed by atoms with van der Waals surface area (Å²) in [4.78, 5) is 30.9. The number of hydrogen-bond acceptors (Lipinski definition) is 5. The molecule has 1 aliphatic rings. The molecule has 0 saturated carbocycles. The Bertz CT molecular complexity index is 1470. The highest BCUT2D eigenvalue weighted by Crippen LogP contribution is 2.12. The maximum Gasteiger partial charge on any atom is 0.273 e. The zero-order valence-corrected chi connectivity index (χ0v) is 20.9. The molecule has 0 radical (unpaired) electrons. The van der Waals surface area contributed by atoms with Crippen LogP contribution in [0.3, 0.4) is 0 Å². The standard InChI is InChI=1S/C27H27FN4O2S/c1-4-30-11-13-31(14-12-30)25(33)23(17-29)27-32(22-9-7-21(28)8-10-22)26(34)24(35-27)16-20-15-18(2)5-6-19(20)3/h5-10,15-16H,4,11-14H2,1-3H3/b24-16+,27-23-. The lowest BCUT2D eigenvalue weighted by Gasteiger charge is -2.33. The Morgan fingerprint density at radius 1 is 1.11 bits per heavy atom. The molecule has 1 fully saturated rings. The lowest BCUT2D eigenvalue weighted by molar-refractivity contribution is -0.126. The molecular weight excluding hydrogens is 463 g/mol. The van der Waals surface area contributed by atoms with Gasteiger partial charge in [-0.15, -0.1) is 11.3 Å². The molecule has 2 heterocycles. The third-order valence-corrected chi connectivity index (χ3v) is 7.37. The van der Waals surface area contributed by atoms with Crippen molar-refractivity contribution in [1.82, 2.24) is 14.4 Å². The van der Waals surface area contributed by atoms with Crippen molar-refractivity contribution in [2.45, 2.75) is 20.8 Å². The molecule has 180 valence electrons. The molecule has 4 rings (SSSR count). The minimum atomic E-state index is -0.435. The number of halogens is 1. The third kappa shape index (κ3) is 5.11. The number of thiazole rings is 1. The van der Waals surface area contributed by atoms with Gasteiger partial charge in [0, 0.05) is 26.2 Å². The number of rotatable bonds is 4. The van der Waals surface area contributed by atoms with Crippen LogP contribution < -0.4 is 14.8 Å². The van der Waals surface area contributed by atoms with Gasteiger partial charge in [-0.25, -0.2) is 4.39 Å². The van der Waals surface area contributed by atoms with Crippen LogP contribution in [0.15, 0.2) is 47.3 Å². The van der Waals surface area contributed by atoms with Gasteiger partial charge in [-0.05, 0) is 61.9 Å². The first kappa shape index (κ1) is 24.6. The summed E-state index contributed by atoms with van der Waals surface area (Å²) in [6.07, 6.45) is 1.79. The van der Waals surface area contributed by atoms with E-state index in [2.05, 4.69) is 17.9 Å². The second kappa shape index (κ2) is 10.4. The SMILES string of the molecule is CCN1CCN(C(=O)/C(C#N)=c2\s/c(=C/c3cc(C)ccc3C)c(=O)n2-c2ccc(F)cc2)CC1. The zero-order valence-electron chi connectivity index (χ0n) is 20.0. The highest BCUT2D eigenvalue weighted by Gasteiger charge is 2.25. The van der Waals surface area contributed by atoms with Crippen molar-refractivity contribution in [2.24, 2.45) is 0 Å². The highest BCUT2D eigenvalue weighted by molar-refractivity contribution is 7.07. The molecule has 0 N–H and O–H groups in total. The van der Waals surface area contributed by atoms with Gasteiger partial charge in [-0.2, -0.15) is 5.26 Å². The molecule has 0 unspecified atom stereocenters. The van der Waals surface area contributed by atoms with Gasteiger partial charge in [-0.1, -0.05) is 30.7 Å². The number of hydrogen-bond donors (Lipinski definition) is 0. The average molecular weight is 491 g/mol. The van der Waals surface area contributed by atoms with E-state index in [9.17, 15) is 19.2 Å². The fourth-order valence-corrected chi connectivity index (χ4v) is 5.23. The van der Waals surface area contributed by atoms with Crippen LogP contribution in [0, 0.1) is 31.0 Å². The molecule has 2 aromatic carbocycles. The zero-order chi connectivity index (χ0) is 25.1. The lowest BCUT2D eigenvalue weighted by Crippen LogP contribution is -2.49. The number of piperazine rings is 1. The number of nitrogens with zero attached hydrogens (tertiary/aromatic N) is 4. The maximum atomic E-state index is 13.6. The van der Waals surface area contributed by atoms with E-state index in [1.54, 1.807) is 11.0 Å². The van der Waals surface area contributed by atoms with Crippen LogP contribution in [0.2, 0.25) is 0 Å². The highest BCUT2D eigenvalue weighted by atomic mass is 32.1. The Balaban J connectivity index is 1.94. The molecule has 8 heteroatoms. The van der Waals surface area contributed by atoms with Crippen molar-refractivity contribution in [3.8, 4) is 11.8 Å². The number of carbonyl (C=O) groups is 1. The predicted octanol–water partition coefficient (Wildman–Crippen LogP) is 2.32. The van der Waals surface area contributed by atoms with Gasteiger partial charge in [0.05, 0.1) is 10.2 Å². The number of aromatic nitrogens is 1. The first-order valence-corrected chi connectivity index (χ1v) is 12.4. The van der Waals surface area contributed by atoms with Gasteiger partial charge >= 0.3 is 0 Å². The Morgan fingerprint density at radius 2 is 1.80 bits per heavy atom. The minimum absolute atomic E-state index is 0.0815. The van der Waals surface area contributed by atoms with Crippen LogP contribution in [-0.4, -0.2) is 53.0 Å². The summed E-state index contributed by atoms with van der Waals surface area (Å²) in [5.41, 5.74) is 2.92. The quantitative estimate of drug-likeness (QED) is 0.563. The molecule has 3 aromatic rings. The van der Waals surface area contributed by atoms with Crippen LogP contribution in [0.1, 0.15) is 23.6 Å². The van der Waals surface area contributed by atoms with E-state index >= 15 is 0 Å². The number of nitriles is 1. The van der Waals surface area contributed by atoms with Gasteiger partial charge in [0.2, 0.25) is 0 Å². The number of aryl methyl sites for hydroxylation is 2. The molecule has 0 spiro atoms. The first-order valence-electron chi connectivity index (χ1n) is 11.5.